The summed E-state index contributed by atoms with van der Waals surface area (Å²) < 4.78 is 0. The number of nitrogens with two attached hydrogens (primary N) is 1. The van der Waals surface area contributed by atoms with Gasteiger partial charge in [-0.15, -0.1) is 0 Å². The Bertz CT molecular complexity index is 613. The zero-order valence-corrected chi connectivity index (χ0v) is 11.2. The van der Waals surface area contributed by atoms with Crippen LogP contribution in [0.3, 0.4) is 0 Å². The highest BCUT2D eigenvalue weighted by atomic mass is 35.5. The average Bonchev–Trinajstić information content (AvgIpc) is 2.43. The predicted molar refractivity (Wildman–Crippen MR) is 76.3 cm³/mol. The van der Waals surface area contributed by atoms with Crippen molar-refractivity contribution < 1.29 is 4.79 Å². The van der Waals surface area contributed by atoms with Crippen LogP contribution in [0.4, 0.5) is 5.69 Å². The second kappa shape index (κ2) is 5.82. The zero-order chi connectivity index (χ0) is 13.8. The Labute approximate surface area is 116 Å². The molecule has 19 heavy (non-hydrogen) atoms. The minimum atomic E-state index is -0.206. The molecule has 0 fully saturated rings. The summed E-state index contributed by atoms with van der Waals surface area (Å²) in [6.07, 6.45) is 1.57. The summed E-state index contributed by atoms with van der Waals surface area (Å²) in [4.78, 5) is 16.2. The molecule has 2 rings (SSSR count). The lowest BCUT2D eigenvalue weighted by atomic mass is 10.1. The number of aromatic nitrogens is 1. The summed E-state index contributed by atoms with van der Waals surface area (Å²) in [5.74, 6) is -0.206. The van der Waals surface area contributed by atoms with Crippen LogP contribution < -0.4 is 11.1 Å². The summed E-state index contributed by atoms with van der Waals surface area (Å²) in [6.45, 7) is 2.21. The first-order valence-corrected chi connectivity index (χ1v) is 6.20. The van der Waals surface area contributed by atoms with Crippen molar-refractivity contribution in [1.82, 2.24) is 4.98 Å². The number of nitrogens with one attached hydrogen (secondary N) is 1. The number of aryl methyl sites for hydroxylation is 1. The van der Waals surface area contributed by atoms with Crippen molar-refractivity contribution in [1.29, 1.82) is 0 Å². The number of nitrogens with zero attached hydrogens (tertiary/aromatic N) is 1. The van der Waals surface area contributed by atoms with Crippen LogP contribution in [0.5, 0.6) is 0 Å². The summed E-state index contributed by atoms with van der Waals surface area (Å²) in [5, 5.41) is 3.41. The Balaban J connectivity index is 2.22. The highest BCUT2D eigenvalue weighted by Crippen LogP contribution is 2.20. The summed E-state index contributed by atoms with van der Waals surface area (Å²) in [6, 6.07) is 8.69. The van der Waals surface area contributed by atoms with Gasteiger partial charge >= 0.3 is 0 Å². The van der Waals surface area contributed by atoms with Gasteiger partial charge in [-0.25, -0.2) is 0 Å². The molecule has 4 nitrogen and oxygen atoms in total. The lowest BCUT2D eigenvalue weighted by molar-refractivity contribution is 0.102. The monoisotopic (exact) mass is 275 g/mol. The molecule has 0 aliphatic rings. The van der Waals surface area contributed by atoms with Crippen molar-refractivity contribution in [2.75, 3.05) is 5.32 Å². The number of hydrogen-bond acceptors (Lipinski definition) is 3. The number of carbonyl (C=O) groups is 1. The number of pyridine rings is 1. The van der Waals surface area contributed by atoms with Crippen LogP contribution in [0.1, 0.15) is 21.6 Å². The lowest BCUT2D eigenvalue weighted by Crippen LogP contribution is -2.14. The van der Waals surface area contributed by atoms with Crippen LogP contribution in [0.2, 0.25) is 5.02 Å². The molecule has 0 unspecified atom stereocenters. The molecule has 2 aromatic rings. The predicted octanol–water partition coefficient (Wildman–Crippen LogP) is 2.75. The Hall–Kier alpha value is -1.91. The van der Waals surface area contributed by atoms with Crippen LogP contribution in [-0.4, -0.2) is 10.9 Å². The van der Waals surface area contributed by atoms with E-state index in [-0.39, 0.29) is 5.91 Å². The fraction of sp³-hybridized carbons (Fsp3) is 0.143. The molecule has 0 saturated carbocycles. The molecule has 98 valence electrons. The quantitative estimate of drug-likeness (QED) is 0.905. The number of carbonyl (C=O) groups excluding carboxylic acids is 1. The Kier molecular flexibility index (Phi) is 4.14. The van der Waals surface area contributed by atoms with E-state index >= 15 is 0 Å². The first kappa shape index (κ1) is 13.5. The van der Waals surface area contributed by atoms with Gasteiger partial charge in [-0.3, -0.25) is 9.78 Å². The average molecular weight is 276 g/mol. The van der Waals surface area contributed by atoms with Crippen LogP contribution in [0.15, 0.2) is 36.5 Å². The second-order valence-electron chi connectivity index (χ2n) is 4.15. The maximum Gasteiger partial charge on any atom is 0.255 e. The van der Waals surface area contributed by atoms with Gasteiger partial charge in [0, 0.05) is 29.0 Å². The van der Waals surface area contributed by atoms with E-state index in [4.69, 9.17) is 17.3 Å². The van der Waals surface area contributed by atoms with E-state index in [9.17, 15) is 4.79 Å². The van der Waals surface area contributed by atoms with E-state index in [2.05, 4.69) is 10.3 Å². The molecule has 1 heterocycles. The van der Waals surface area contributed by atoms with E-state index in [1.54, 1.807) is 30.5 Å². The largest absolute Gasteiger partial charge is 0.325 e. The molecule has 5 heteroatoms. The smallest absolute Gasteiger partial charge is 0.255 e. The van der Waals surface area contributed by atoms with Crippen LogP contribution in [0.25, 0.3) is 0 Å². The van der Waals surface area contributed by atoms with E-state index < -0.39 is 0 Å². The van der Waals surface area contributed by atoms with Crippen LogP contribution in [0, 0.1) is 6.92 Å². The minimum Gasteiger partial charge on any atom is -0.325 e. The van der Waals surface area contributed by atoms with Crippen molar-refractivity contribution in [3.63, 3.8) is 0 Å². The Morgan fingerprint density at radius 3 is 2.89 bits per heavy atom. The van der Waals surface area contributed by atoms with Crippen molar-refractivity contribution in [2.24, 2.45) is 5.73 Å². The maximum absolute atomic E-state index is 12.1. The molecule has 0 spiro atoms. The highest BCUT2D eigenvalue weighted by Gasteiger charge is 2.09. The van der Waals surface area contributed by atoms with E-state index in [1.165, 1.54) is 0 Å². The number of amides is 1. The SMILES string of the molecule is Cc1ccc(Cl)cc1NC(=O)c1ccnc(CN)c1. The van der Waals surface area contributed by atoms with Gasteiger partial charge in [0.25, 0.3) is 5.91 Å². The van der Waals surface area contributed by atoms with Gasteiger partial charge < -0.3 is 11.1 Å². The minimum absolute atomic E-state index is 0.206. The van der Waals surface area contributed by atoms with E-state index in [0.717, 1.165) is 5.56 Å². The number of hydrogen-bond donors (Lipinski definition) is 2. The van der Waals surface area contributed by atoms with Gasteiger partial charge in [0.2, 0.25) is 0 Å². The van der Waals surface area contributed by atoms with Gasteiger partial charge in [0.1, 0.15) is 0 Å². The molecule has 1 amide bonds. The van der Waals surface area contributed by atoms with Gasteiger partial charge in [0.15, 0.2) is 0 Å². The van der Waals surface area contributed by atoms with Gasteiger partial charge in [0.05, 0.1) is 5.69 Å². The number of anilines is 1. The molecule has 0 saturated heterocycles. The topological polar surface area (TPSA) is 68.0 Å². The molecule has 1 aromatic heterocycles. The molecule has 3 N–H and O–H groups in total. The fourth-order valence-electron chi connectivity index (χ4n) is 1.65. The molecular weight excluding hydrogens is 262 g/mol. The summed E-state index contributed by atoms with van der Waals surface area (Å²) in [5.41, 5.74) is 8.35. The maximum atomic E-state index is 12.1. The molecule has 0 atom stereocenters. The number of rotatable bonds is 3. The first-order chi connectivity index (χ1) is 9.10. The standard InChI is InChI=1S/C14H14ClN3O/c1-9-2-3-11(15)7-13(9)18-14(19)10-4-5-17-12(6-10)8-16/h2-7H,8,16H2,1H3,(H,18,19). The van der Waals surface area contributed by atoms with Crippen molar-refractivity contribution in [3.05, 3.63) is 58.4 Å². The molecule has 1 aromatic carbocycles. The fourth-order valence-corrected chi connectivity index (χ4v) is 1.83. The molecule has 0 bridgehead atoms. The Morgan fingerprint density at radius 2 is 2.16 bits per heavy atom. The van der Waals surface area contributed by atoms with Crippen LogP contribution in [-0.2, 0) is 6.54 Å². The molecule has 0 aliphatic carbocycles. The third-order valence-corrected chi connectivity index (χ3v) is 2.97. The lowest BCUT2D eigenvalue weighted by Gasteiger charge is -2.09. The summed E-state index contributed by atoms with van der Waals surface area (Å²) >= 11 is 5.92. The first-order valence-electron chi connectivity index (χ1n) is 5.82. The van der Waals surface area contributed by atoms with Gasteiger partial charge in [-0.05, 0) is 36.8 Å². The van der Waals surface area contributed by atoms with Crippen molar-refractivity contribution >= 4 is 23.2 Å². The number of benzene rings is 1. The third kappa shape index (κ3) is 3.30. The Morgan fingerprint density at radius 1 is 1.37 bits per heavy atom. The second-order valence-corrected chi connectivity index (χ2v) is 4.59. The molecule has 0 aliphatic heterocycles. The van der Waals surface area contributed by atoms with Gasteiger partial charge in [-0.1, -0.05) is 17.7 Å². The third-order valence-electron chi connectivity index (χ3n) is 2.74. The van der Waals surface area contributed by atoms with Crippen molar-refractivity contribution in [2.45, 2.75) is 13.5 Å². The number of halogens is 1. The zero-order valence-electron chi connectivity index (χ0n) is 10.5. The molecular formula is C14H14ClN3O. The highest BCUT2D eigenvalue weighted by molar-refractivity contribution is 6.31. The van der Waals surface area contributed by atoms with Crippen LogP contribution >= 0.6 is 11.6 Å². The molecule has 0 radical (unpaired) electrons. The van der Waals surface area contributed by atoms with E-state index in [1.807, 2.05) is 13.0 Å². The normalized spacial score (nSPS) is 10.3. The van der Waals surface area contributed by atoms with Gasteiger partial charge in [-0.2, -0.15) is 0 Å². The summed E-state index contributed by atoms with van der Waals surface area (Å²) in [7, 11) is 0. The van der Waals surface area contributed by atoms with Crippen molar-refractivity contribution in [3.8, 4) is 0 Å². The van der Waals surface area contributed by atoms with E-state index in [0.29, 0.717) is 28.5 Å².